The number of hydrogen-bond donors (Lipinski definition) is 1. The summed E-state index contributed by atoms with van der Waals surface area (Å²) < 4.78 is 0. The van der Waals surface area contributed by atoms with Crippen LogP contribution in [0.4, 0.5) is 5.69 Å². The highest BCUT2D eigenvalue weighted by Gasteiger charge is 2.18. The van der Waals surface area contributed by atoms with Gasteiger partial charge >= 0.3 is 0 Å². The third-order valence-corrected chi connectivity index (χ3v) is 5.49. The van der Waals surface area contributed by atoms with E-state index in [4.69, 9.17) is 0 Å². The van der Waals surface area contributed by atoms with Crippen LogP contribution >= 0.6 is 11.8 Å². The van der Waals surface area contributed by atoms with E-state index >= 15 is 0 Å². The first kappa shape index (κ1) is 18.2. The quantitative estimate of drug-likeness (QED) is 0.466. The van der Waals surface area contributed by atoms with Gasteiger partial charge in [-0.15, -0.1) is 10.2 Å². The minimum absolute atomic E-state index is 0.0609. The molecule has 4 nitrogen and oxygen atoms in total. The van der Waals surface area contributed by atoms with Crippen LogP contribution < -0.4 is 5.32 Å². The fourth-order valence-corrected chi connectivity index (χ4v) is 3.86. The lowest BCUT2D eigenvalue weighted by molar-refractivity contribution is -0.115. The molecule has 28 heavy (non-hydrogen) atoms. The highest BCUT2D eigenvalue weighted by Crippen LogP contribution is 2.33. The van der Waals surface area contributed by atoms with Gasteiger partial charge in [0.2, 0.25) is 5.91 Å². The topological polar surface area (TPSA) is 54.9 Å². The monoisotopic (exact) mass is 385 g/mol. The number of para-hydroxylation sites is 1. The zero-order valence-corrected chi connectivity index (χ0v) is 16.2. The SMILES string of the molecule is C[C@H](Sc1nnc(-c2ccccc2)c2ccccc12)C(=O)Nc1ccccc1. The summed E-state index contributed by atoms with van der Waals surface area (Å²) in [5.74, 6) is -0.0609. The van der Waals surface area contributed by atoms with Gasteiger partial charge in [0, 0.05) is 22.0 Å². The Morgan fingerprint density at radius 3 is 2.14 bits per heavy atom. The van der Waals surface area contributed by atoms with Gasteiger partial charge in [0.05, 0.1) is 5.25 Å². The molecule has 4 rings (SSSR count). The summed E-state index contributed by atoms with van der Waals surface area (Å²) in [6.07, 6.45) is 0. The van der Waals surface area contributed by atoms with Gasteiger partial charge in [0.15, 0.2) is 0 Å². The van der Waals surface area contributed by atoms with Crippen LogP contribution in [-0.4, -0.2) is 21.4 Å². The lowest BCUT2D eigenvalue weighted by Gasteiger charge is -2.13. The highest BCUT2D eigenvalue weighted by atomic mass is 32.2. The minimum atomic E-state index is -0.305. The van der Waals surface area contributed by atoms with Gasteiger partial charge in [0.25, 0.3) is 0 Å². The predicted molar refractivity (Wildman–Crippen MR) is 115 cm³/mol. The van der Waals surface area contributed by atoms with Crippen molar-refractivity contribution in [2.24, 2.45) is 0 Å². The molecule has 0 saturated heterocycles. The number of benzene rings is 3. The van der Waals surface area contributed by atoms with Crippen molar-refractivity contribution >= 4 is 34.1 Å². The third-order valence-electron chi connectivity index (χ3n) is 4.40. The zero-order chi connectivity index (χ0) is 19.3. The van der Waals surface area contributed by atoms with Crippen LogP contribution in [0.5, 0.6) is 0 Å². The Bertz CT molecular complexity index is 1100. The van der Waals surface area contributed by atoms with Crippen molar-refractivity contribution in [2.45, 2.75) is 17.2 Å². The van der Waals surface area contributed by atoms with E-state index in [9.17, 15) is 4.79 Å². The Kier molecular flexibility index (Phi) is 5.35. The molecular formula is C23H19N3OS. The number of carbonyl (C=O) groups excluding carboxylic acids is 1. The van der Waals surface area contributed by atoms with E-state index in [2.05, 4.69) is 15.5 Å². The number of amides is 1. The molecule has 0 unspecified atom stereocenters. The molecule has 138 valence electrons. The molecule has 1 aromatic heterocycles. The molecule has 0 bridgehead atoms. The third kappa shape index (κ3) is 3.89. The van der Waals surface area contributed by atoms with Gasteiger partial charge < -0.3 is 5.32 Å². The fourth-order valence-electron chi connectivity index (χ4n) is 2.96. The summed E-state index contributed by atoms with van der Waals surface area (Å²) in [6, 6.07) is 27.5. The van der Waals surface area contributed by atoms with Gasteiger partial charge in [-0.25, -0.2) is 0 Å². The molecule has 4 aromatic rings. The number of nitrogens with zero attached hydrogens (tertiary/aromatic N) is 2. The molecule has 1 heterocycles. The first-order valence-corrected chi connectivity index (χ1v) is 9.94. The number of fused-ring (bicyclic) bond motifs is 1. The first-order chi connectivity index (χ1) is 13.7. The number of rotatable bonds is 5. The summed E-state index contributed by atoms with van der Waals surface area (Å²) in [5, 5.41) is 14.3. The second-order valence-electron chi connectivity index (χ2n) is 6.38. The lowest BCUT2D eigenvalue weighted by Crippen LogP contribution is -2.22. The molecule has 0 radical (unpaired) electrons. The number of carbonyl (C=O) groups is 1. The minimum Gasteiger partial charge on any atom is -0.325 e. The normalized spacial score (nSPS) is 11.9. The van der Waals surface area contributed by atoms with E-state index in [0.717, 1.165) is 32.7 Å². The van der Waals surface area contributed by atoms with Crippen LogP contribution in [0.15, 0.2) is 90.0 Å². The van der Waals surface area contributed by atoms with E-state index < -0.39 is 0 Å². The molecule has 0 spiro atoms. The van der Waals surface area contributed by atoms with E-state index in [1.54, 1.807) is 0 Å². The number of nitrogens with one attached hydrogen (secondary N) is 1. The summed E-state index contributed by atoms with van der Waals surface area (Å²) in [4.78, 5) is 12.6. The van der Waals surface area contributed by atoms with Crippen LogP contribution in [0.2, 0.25) is 0 Å². The summed E-state index contributed by atoms with van der Waals surface area (Å²) in [7, 11) is 0. The van der Waals surface area contributed by atoms with Crippen LogP contribution in [0.1, 0.15) is 6.92 Å². The molecule has 0 saturated carbocycles. The molecule has 1 N–H and O–H groups in total. The molecular weight excluding hydrogens is 366 g/mol. The molecule has 0 fully saturated rings. The zero-order valence-electron chi connectivity index (χ0n) is 15.4. The second-order valence-corrected chi connectivity index (χ2v) is 7.71. The van der Waals surface area contributed by atoms with Gasteiger partial charge in [-0.05, 0) is 19.1 Å². The smallest absolute Gasteiger partial charge is 0.237 e. The molecule has 0 aliphatic rings. The summed E-state index contributed by atoms with van der Waals surface area (Å²) >= 11 is 1.42. The first-order valence-electron chi connectivity index (χ1n) is 9.06. The van der Waals surface area contributed by atoms with Gasteiger partial charge in [-0.2, -0.15) is 0 Å². The largest absolute Gasteiger partial charge is 0.325 e. The molecule has 3 aromatic carbocycles. The van der Waals surface area contributed by atoms with E-state index in [1.165, 1.54) is 11.8 Å². The van der Waals surface area contributed by atoms with Crippen molar-refractivity contribution < 1.29 is 4.79 Å². The highest BCUT2D eigenvalue weighted by molar-refractivity contribution is 8.00. The lowest BCUT2D eigenvalue weighted by atomic mass is 10.1. The van der Waals surface area contributed by atoms with Crippen molar-refractivity contribution in [1.29, 1.82) is 0 Å². The Hall–Kier alpha value is -3.18. The maximum atomic E-state index is 12.6. The second kappa shape index (κ2) is 8.23. The number of hydrogen-bond acceptors (Lipinski definition) is 4. The Morgan fingerprint density at radius 2 is 1.43 bits per heavy atom. The van der Waals surface area contributed by atoms with Crippen molar-refractivity contribution in [3.8, 4) is 11.3 Å². The Balaban J connectivity index is 1.62. The van der Waals surface area contributed by atoms with Crippen molar-refractivity contribution in [1.82, 2.24) is 10.2 Å². The predicted octanol–water partition coefficient (Wildman–Crippen LogP) is 5.42. The number of aromatic nitrogens is 2. The summed E-state index contributed by atoms with van der Waals surface area (Å²) in [6.45, 7) is 1.88. The van der Waals surface area contributed by atoms with Crippen LogP contribution in [0.3, 0.4) is 0 Å². The number of anilines is 1. The molecule has 1 atom stereocenters. The maximum absolute atomic E-state index is 12.6. The average molecular weight is 385 g/mol. The van der Waals surface area contributed by atoms with E-state index in [1.807, 2.05) is 91.9 Å². The van der Waals surface area contributed by atoms with Gasteiger partial charge in [-0.3, -0.25) is 4.79 Å². The van der Waals surface area contributed by atoms with Gasteiger partial charge in [-0.1, -0.05) is 84.6 Å². The molecule has 1 amide bonds. The Labute approximate surface area is 168 Å². The Morgan fingerprint density at radius 1 is 0.821 bits per heavy atom. The molecule has 0 aliphatic carbocycles. The van der Waals surface area contributed by atoms with Crippen LogP contribution in [-0.2, 0) is 4.79 Å². The van der Waals surface area contributed by atoms with Crippen molar-refractivity contribution in [2.75, 3.05) is 5.32 Å². The average Bonchev–Trinajstić information content (AvgIpc) is 2.75. The van der Waals surface area contributed by atoms with Crippen molar-refractivity contribution in [3.63, 3.8) is 0 Å². The fraction of sp³-hybridized carbons (Fsp3) is 0.0870. The van der Waals surface area contributed by atoms with Crippen LogP contribution in [0, 0.1) is 0 Å². The van der Waals surface area contributed by atoms with E-state index in [-0.39, 0.29) is 11.2 Å². The maximum Gasteiger partial charge on any atom is 0.237 e. The van der Waals surface area contributed by atoms with Crippen LogP contribution in [0.25, 0.3) is 22.0 Å². The summed E-state index contributed by atoms with van der Waals surface area (Å²) in [5.41, 5.74) is 2.66. The molecule has 5 heteroatoms. The molecule has 0 aliphatic heterocycles. The van der Waals surface area contributed by atoms with Crippen molar-refractivity contribution in [3.05, 3.63) is 84.9 Å². The van der Waals surface area contributed by atoms with E-state index in [0.29, 0.717) is 0 Å². The standard InChI is InChI=1S/C23H19N3OS/c1-16(22(27)24-18-12-6-3-7-13-18)28-23-20-15-9-8-14-19(20)21(25-26-23)17-10-4-2-5-11-17/h2-16H,1H3,(H,24,27)/t16-/m0/s1. The van der Waals surface area contributed by atoms with Gasteiger partial charge in [0.1, 0.15) is 10.7 Å². The number of thioether (sulfide) groups is 1.